The van der Waals surface area contributed by atoms with Crippen LogP contribution < -0.4 is 0 Å². The van der Waals surface area contributed by atoms with Gasteiger partial charge in [-0.3, -0.25) is 0 Å². The second-order valence-corrected chi connectivity index (χ2v) is 2.74. The van der Waals surface area contributed by atoms with Crippen LogP contribution in [0.15, 0.2) is 12.5 Å². The molecule has 1 heterocycles. The predicted octanol–water partition coefficient (Wildman–Crippen LogP) is -0.445. The van der Waals surface area contributed by atoms with Gasteiger partial charge in [0.05, 0.1) is 31.4 Å². The van der Waals surface area contributed by atoms with Crippen LogP contribution in [0.1, 0.15) is 11.8 Å². The average molecular weight is 200 g/mol. The van der Waals surface area contributed by atoms with Gasteiger partial charge in [-0.05, 0) is 0 Å². The van der Waals surface area contributed by atoms with E-state index >= 15 is 0 Å². The predicted molar refractivity (Wildman–Crippen MR) is 46.6 cm³/mol. The summed E-state index contributed by atoms with van der Waals surface area (Å²) in [6.45, 7) is -0.218. The first kappa shape index (κ1) is 10.7. The Labute approximate surface area is 80.8 Å². The largest absolute Gasteiger partial charge is 0.479 e. The second-order valence-electron chi connectivity index (χ2n) is 2.74. The monoisotopic (exact) mass is 200 g/mol. The van der Waals surface area contributed by atoms with Crippen molar-refractivity contribution < 1.29 is 19.7 Å². The molecule has 1 rings (SSSR count). The number of aliphatic carboxylic acids is 1. The van der Waals surface area contributed by atoms with Crippen molar-refractivity contribution >= 4 is 5.97 Å². The van der Waals surface area contributed by atoms with E-state index in [2.05, 4.69) is 4.98 Å². The molecule has 0 fully saturated rings. The van der Waals surface area contributed by atoms with Crippen LogP contribution in [0.5, 0.6) is 0 Å². The summed E-state index contributed by atoms with van der Waals surface area (Å²) in [5.41, 5.74) is 0.450. The molecule has 6 heteroatoms. The fourth-order valence-corrected chi connectivity index (χ4v) is 1.07. The lowest BCUT2D eigenvalue weighted by molar-refractivity contribution is -0.151. The molecule has 0 saturated carbocycles. The summed E-state index contributed by atoms with van der Waals surface area (Å²) in [6.07, 6.45) is 1.85. The average Bonchev–Trinajstić information content (AvgIpc) is 2.52. The van der Waals surface area contributed by atoms with Crippen LogP contribution in [-0.4, -0.2) is 38.9 Å². The van der Waals surface area contributed by atoms with E-state index in [1.165, 1.54) is 12.5 Å². The van der Waals surface area contributed by atoms with Crippen molar-refractivity contribution in [3.05, 3.63) is 18.2 Å². The molecule has 1 aromatic rings. The van der Waals surface area contributed by atoms with E-state index in [-0.39, 0.29) is 13.2 Å². The minimum absolute atomic E-state index is 0.0118. The first-order chi connectivity index (χ1) is 6.66. The van der Waals surface area contributed by atoms with Crippen LogP contribution in [0.4, 0.5) is 0 Å². The summed E-state index contributed by atoms with van der Waals surface area (Å²) in [6, 6.07) is 0. The summed E-state index contributed by atoms with van der Waals surface area (Å²) < 4.78 is 6.53. The van der Waals surface area contributed by atoms with Gasteiger partial charge in [-0.15, -0.1) is 0 Å². The Bertz CT molecular complexity index is 310. The maximum absolute atomic E-state index is 10.8. The minimum atomic E-state index is -1.10. The van der Waals surface area contributed by atoms with Crippen molar-refractivity contribution in [2.45, 2.75) is 6.10 Å². The number of ether oxygens (including phenoxy) is 1. The highest BCUT2D eigenvalue weighted by Gasteiger charge is 2.22. The van der Waals surface area contributed by atoms with Crippen LogP contribution >= 0.6 is 0 Å². The first-order valence-corrected chi connectivity index (χ1v) is 4.08. The highest BCUT2D eigenvalue weighted by molar-refractivity contribution is 5.73. The van der Waals surface area contributed by atoms with E-state index in [0.717, 1.165) is 0 Å². The number of aromatic nitrogens is 2. The molecule has 6 nitrogen and oxygen atoms in total. The number of rotatable bonds is 5. The number of aliphatic hydroxyl groups is 1. The van der Waals surface area contributed by atoms with Gasteiger partial charge in [-0.1, -0.05) is 0 Å². The number of hydrogen-bond acceptors (Lipinski definition) is 4. The molecule has 0 spiro atoms. The molecule has 0 bridgehead atoms. The fraction of sp³-hybridized carbons (Fsp3) is 0.500. The zero-order valence-corrected chi connectivity index (χ0v) is 7.75. The van der Waals surface area contributed by atoms with Crippen molar-refractivity contribution in [3.8, 4) is 0 Å². The van der Waals surface area contributed by atoms with Gasteiger partial charge in [0.15, 0.2) is 6.10 Å². The van der Waals surface area contributed by atoms with Gasteiger partial charge in [0, 0.05) is 7.05 Å². The van der Waals surface area contributed by atoms with Crippen molar-refractivity contribution in [2.24, 2.45) is 7.05 Å². The molecule has 0 aliphatic heterocycles. The van der Waals surface area contributed by atoms with Crippen molar-refractivity contribution in [3.63, 3.8) is 0 Å². The molecule has 0 aliphatic rings. The Morgan fingerprint density at radius 1 is 1.79 bits per heavy atom. The zero-order chi connectivity index (χ0) is 10.6. The van der Waals surface area contributed by atoms with Crippen LogP contribution in [0.2, 0.25) is 0 Å². The summed E-state index contributed by atoms with van der Waals surface area (Å²) in [5, 5.41) is 17.4. The smallest absolute Gasteiger partial charge is 0.339 e. The molecule has 0 saturated heterocycles. The Kier molecular flexibility index (Phi) is 3.61. The number of imidazole rings is 1. The van der Waals surface area contributed by atoms with E-state index in [9.17, 15) is 4.79 Å². The number of carboxylic acid groups (broad SMARTS) is 1. The SMILES string of the molecule is Cn1cncc1C(OCCO)C(=O)O. The summed E-state index contributed by atoms with van der Waals surface area (Å²) in [5.74, 6) is -1.10. The van der Waals surface area contributed by atoms with Crippen LogP contribution in [0.25, 0.3) is 0 Å². The highest BCUT2D eigenvalue weighted by atomic mass is 16.5. The van der Waals surface area contributed by atoms with Crippen molar-refractivity contribution in [1.82, 2.24) is 9.55 Å². The summed E-state index contributed by atoms with van der Waals surface area (Å²) >= 11 is 0. The lowest BCUT2D eigenvalue weighted by Crippen LogP contribution is -2.19. The van der Waals surface area contributed by atoms with E-state index in [1.54, 1.807) is 11.6 Å². The Hall–Kier alpha value is -1.40. The number of aliphatic hydroxyl groups excluding tert-OH is 1. The molecule has 78 valence electrons. The van der Waals surface area contributed by atoms with E-state index in [4.69, 9.17) is 14.9 Å². The third-order valence-electron chi connectivity index (χ3n) is 1.72. The third-order valence-corrected chi connectivity index (χ3v) is 1.72. The first-order valence-electron chi connectivity index (χ1n) is 4.08. The van der Waals surface area contributed by atoms with E-state index in [1.807, 2.05) is 0 Å². The van der Waals surface area contributed by atoms with Gasteiger partial charge in [0.25, 0.3) is 0 Å². The number of carboxylic acids is 1. The number of hydrogen-bond donors (Lipinski definition) is 2. The van der Waals surface area contributed by atoms with Crippen LogP contribution in [-0.2, 0) is 16.6 Å². The molecule has 0 aromatic carbocycles. The maximum Gasteiger partial charge on any atom is 0.339 e. The Morgan fingerprint density at radius 3 is 2.93 bits per heavy atom. The maximum atomic E-state index is 10.8. The molecule has 1 atom stereocenters. The zero-order valence-electron chi connectivity index (χ0n) is 7.75. The van der Waals surface area contributed by atoms with Gasteiger partial charge >= 0.3 is 5.97 Å². The van der Waals surface area contributed by atoms with Gasteiger partial charge in [-0.2, -0.15) is 0 Å². The van der Waals surface area contributed by atoms with Crippen LogP contribution in [0, 0.1) is 0 Å². The lowest BCUT2D eigenvalue weighted by atomic mass is 10.2. The molecule has 1 aromatic heterocycles. The van der Waals surface area contributed by atoms with Crippen molar-refractivity contribution in [2.75, 3.05) is 13.2 Å². The molecule has 14 heavy (non-hydrogen) atoms. The molecule has 1 unspecified atom stereocenters. The third kappa shape index (κ3) is 2.30. The number of carbonyl (C=O) groups is 1. The molecule has 0 amide bonds. The van der Waals surface area contributed by atoms with Crippen LogP contribution in [0.3, 0.4) is 0 Å². The normalized spacial score (nSPS) is 12.7. The topological polar surface area (TPSA) is 84.6 Å². The standard InChI is InChI=1S/C8H12N2O4/c1-10-5-9-4-6(10)7(8(12)13)14-3-2-11/h4-5,7,11H,2-3H2,1H3,(H,12,13). The molecular weight excluding hydrogens is 188 g/mol. The molecular formula is C8H12N2O4. The molecule has 2 N–H and O–H groups in total. The van der Waals surface area contributed by atoms with E-state index in [0.29, 0.717) is 5.69 Å². The quantitative estimate of drug-likeness (QED) is 0.672. The number of nitrogens with zero attached hydrogens (tertiary/aromatic N) is 2. The van der Waals surface area contributed by atoms with Crippen molar-refractivity contribution in [1.29, 1.82) is 0 Å². The van der Waals surface area contributed by atoms with Gasteiger partial charge in [0.2, 0.25) is 0 Å². The Morgan fingerprint density at radius 2 is 2.50 bits per heavy atom. The second kappa shape index (κ2) is 4.73. The molecule has 0 aliphatic carbocycles. The van der Waals surface area contributed by atoms with Gasteiger partial charge < -0.3 is 19.5 Å². The van der Waals surface area contributed by atoms with Gasteiger partial charge in [-0.25, -0.2) is 9.78 Å². The summed E-state index contributed by atoms with van der Waals surface area (Å²) in [4.78, 5) is 14.6. The lowest BCUT2D eigenvalue weighted by Gasteiger charge is -2.12. The molecule has 0 radical (unpaired) electrons. The minimum Gasteiger partial charge on any atom is -0.479 e. The number of aryl methyl sites for hydroxylation is 1. The summed E-state index contributed by atoms with van der Waals surface area (Å²) in [7, 11) is 1.68. The van der Waals surface area contributed by atoms with Gasteiger partial charge in [0.1, 0.15) is 0 Å². The Balaban J connectivity index is 2.78. The fourth-order valence-electron chi connectivity index (χ4n) is 1.07. The highest BCUT2D eigenvalue weighted by Crippen LogP contribution is 2.15. The van der Waals surface area contributed by atoms with E-state index < -0.39 is 12.1 Å².